The van der Waals surface area contributed by atoms with Gasteiger partial charge in [0.15, 0.2) is 5.17 Å². The first-order valence-electron chi connectivity index (χ1n) is 7.56. The van der Waals surface area contributed by atoms with Crippen LogP contribution in [0.25, 0.3) is 0 Å². The van der Waals surface area contributed by atoms with Crippen LogP contribution in [-0.2, 0) is 11.0 Å². The summed E-state index contributed by atoms with van der Waals surface area (Å²) in [5.41, 5.74) is -2.14. The first-order chi connectivity index (χ1) is 12.1. The van der Waals surface area contributed by atoms with Crippen LogP contribution in [0.3, 0.4) is 0 Å². The average Bonchev–Trinajstić information content (AvgIpc) is 2.78. The molecule has 136 valence electrons. The number of carbonyl (C=O) groups excluding carboxylic acids is 1. The van der Waals surface area contributed by atoms with Gasteiger partial charge in [-0.2, -0.15) is 13.2 Å². The average molecular weight is 381 g/mol. The second-order valence-electron chi connectivity index (χ2n) is 6.13. The van der Waals surface area contributed by atoms with E-state index in [9.17, 15) is 22.8 Å². The van der Waals surface area contributed by atoms with Crippen LogP contribution in [0.5, 0.6) is 0 Å². The Labute approximate surface area is 150 Å². The fourth-order valence-corrected chi connectivity index (χ4v) is 3.40. The second-order valence-corrected chi connectivity index (χ2v) is 7.17. The van der Waals surface area contributed by atoms with Gasteiger partial charge >= 0.3 is 6.18 Å². The van der Waals surface area contributed by atoms with Gasteiger partial charge < -0.3 is 4.98 Å². The SMILES string of the molecule is CC1(C)N=C(Sc2ccc(=O)[nH]c2)N(c2cccc(C(F)(F)F)c2)C1=O. The summed E-state index contributed by atoms with van der Waals surface area (Å²) in [6, 6.07) is 7.41. The van der Waals surface area contributed by atoms with Crippen LogP contribution in [-0.4, -0.2) is 21.6 Å². The standard InChI is InChI=1S/C17H14F3N3O2S/c1-16(2)14(25)23(11-5-3-4-10(8-11)17(18,19)20)15(22-16)26-12-6-7-13(24)21-9-12/h3-9H,1-2H3,(H,21,24). The fourth-order valence-electron chi connectivity index (χ4n) is 2.38. The first-order valence-corrected chi connectivity index (χ1v) is 8.38. The molecule has 5 nitrogen and oxygen atoms in total. The van der Waals surface area contributed by atoms with E-state index in [2.05, 4.69) is 9.98 Å². The molecular formula is C17H14F3N3O2S. The number of amides is 1. The molecule has 0 bridgehead atoms. The fraction of sp³-hybridized carbons (Fsp3) is 0.235. The third-order valence-electron chi connectivity index (χ3n) is 3.69. The largest absolute Gasteiger partial charge is 0.416 e. The van der Waals surface area contributed by atoms with Crippen LogP contribution in [0.4, 0.5) is 18.9 Å². The van der Waals surface area contributed by atoms with Crippen molar-refractivity contribution in [2.24, 2.45) is 4.99 Å². The number of pyridine rings is 1. The van der Waals surface area contributed by atoms with E-state index in [4.69, 9.17) is 0 Å². The molecule has 2 aromatic rings. The Morgan fingerprint density at radius 1 is 1.15 bits per heavy atom. The number of anilines is 1. The van der Waals surface area contributed by atoms with E-state index >= 15 is 0 Å². The molecule has 0 spiro atoms. The van der Waals surface area contributed by atoms with Crippen molar-refractivity contribution in [3.63, 3.8) is 0 Å². The zero-order chi connectivity index (χ0) is 19.1. The summed E-state index contributed by atoms with van der Waals surface area (Å²) in [7, 11) is 0. The lowest BCUT2D eigenvalue weighted by molar-refractivity contribution is -0.137. The third kappa shape index (κ3) is 3.52. The van der Waals surface area contributed by atoms with Crippen LogP contribution in [0, 0.1) is 0 Å². The normalized spacial score (nSPS) is 16.7. The maximum atomic E-state index is 13.0. The smallest absolute Gasteiger partial charge is 0.328 e. The van der Waals surface area contributed by atoms with Gasteiger partial charge in [0.05, 0.1) is 11.3 Å². The quantitative estimate of drug-likeness (QED) is 0.863. The molecule has 1 aromatic heterocycles. The van der Waals surface area contributed by atoms with Crippen molar-refractivity contribution in [3.8, 4) is 0 Å². The Kier molecular flexibility index (Phi) is 4.43. The molecular weight excluding hydrogens is 367 g/mol. The minimum absolute atomic E-state index is 0.0890. The van der Waals surface area contributed by atoms with Crippen LogP contribution < -0.4 is 10.5 Å². The van der Waals surface area contributed by atoms with Gasteiger partial charge in [0.25, 0.3) is 5.91 Å². The molecule has 0 atom stereocenters. The van der Waals surface area contributed by atoms with E-state index in [0.717, 1.165) is 23.9 Å². The van der Waals surface area contributed by atoms with E-state index in [0.29, 0.717) is 4.90 Å². The highest BCUT2D eigenvalue weighted by Gasteiger charge is 2.43. The van der Waals surface area contributed by atoms with E-state index < -0.39 is 23.2 Å². The molecule has 0 fully saturated rings. The second kappa shape index (κ2) is 6.31. The molecule has 1 aromatic carbocycles. The van der Waals surface area contributed by atoms with Crippen molar-refractivity contribution in [2.45, 2.75) is 30.5 Å². The number of aromatic nitrogens is 1. The van der Waals surface area contributed by atoms with Crippen molar-refractivity contribution in [1.29, 1.82) is 0 Å². The molecule has 0 radical (unpaired) electrons. The first kappa shape index (κ1) is 18.2. The monoisotopic (exact) mass is 381 g/mol. The number of rotatable bonds is 2. The Morgan fingerprint density at radius 3 is 2.50 bits per heavy atom. The minimum Gasteiger partial charge on any atom is -0.328 e. The molecule has 1 aliphatic heterocycles. The number of aliphatic imine (C=N–C) groups is 1. The number of H-pyrrole nitrogens is 1. The molecule has 2 heterocycles. The lowest BCUT2D eigenvalue weighted by Gasteiger charge is -2.21. The minimum atomic E-state index is -4.52. The van der Waals surface area contributed by atoms with E-state index in [1.165, 1.54) is 29.3 Å². The number of hydrogen-bond acceptors (Lipinski definition) is 4. The highest BCUT2D eigenvalue weighted by Crippen LogP contribution is 2.37. The summed E-state index contributed by atoms with van der Waals surface area (Å²) in [6.45, 7) is 3.19. The molecule has 26 heavy (non-hydrogen) atoms. The summed E-state index contributed by atoms with van der Waals surface area (Å²) >= 11 is 1.09. The number of aromatic amines is 1. The van der Waals surface area contributed by atoms with Gasteiger partial charge in [0.1, 0.15) is 5.54 Å². The van der Waals surface area contributed by atoms with Gasteiger partial charge in [-0.15, -0.1) is 0 Å². The van der Waals surface area contributed by atoms with Crippen molar-refractivity contribution in [2.75, 3.05) is 4.90 Å². The summed E-state index contributed by atoms with van der Waals surface area (Å²) in [6.07, 6.45) is -3.06. The summed E-state index contributed by atoms with van der Waals surface area (Å²) in [4.78, 5) is 32.5. The number of alkyl halides is 3. The number of thioether (sulfide) groups is 1. The van der Waals surface area contributed by atoms with Crippen molar-refractivity contribution < 1.29 is 18.0 Å². The van der Waals surface area contributed by atoms with E-state index in [-0.39, 0.29) is 16.4 Å². The maximum absolute atomic E-state index is 13.0. The predicted molar refractivity (Wildman–Crippen MR) is 93.4 cm³/mol. The molecule has 0 unspecified atom stereocenters. The summed E-state index contributed by atoms with van der Waals surface area (Å²) < 4.78 is 39.0. The lowest BCUT2D eigenvalue weighted by Crippen LogP contribution is -2.38. The Balaban J connectivity index is 2.01. The molecule has 1 N–H and O–H groups in total. The molecule has 9 heteroatoms. The van der Waals surface area contributed by atoms with Crippen molar-refractivity contribution in [1.82, 2.24) is 4.98 Å². The number of nitrogens with one attached hydrogen (secondary N) is 1. The van der Waals surface area contributed by atoms with Gasteiger partial charge in [0.2, 0.25) is 5.56 Å². The number of benzene rings is 1. The summed E-state index contributed by atoms with van der Waals surface area (Å²) in [5.74, 6) is -0.427. The molecule has 0 saturated heterocycles. The molecule has 0 aliphatic carbocycles. The molecule has 1 amide bonds. The van der Waals surface area contributed by atoms with E-state index in [1.807, 2.05) is 0 Å². The predicted octanol–water partition coefficient (Wildman–Crippen LogP) is 3.67. The Hall–Kier alpha value is -2.55. The summed E-state index contributed by atoms with van der Waals surface area (Å²) in [5, 5.41) is 0.242. The van der Waals surface area contributed by atoms with Crippen LogP contribution in [0.1, 0.15) is 19.4 Å². The van der Waals surface area contributed by atoms with Crippen LogP contribution in [0.2, 0.25) is 0 Å². The van der Waals surface area contributed by atoms with Crippen molar-refractivity contribution >= 4 is 28.5 Å². The van der Waals surface area contributed by atoms with Gasteiger partial charge in [-0.05, 0) is 49.9 Å². The zero-order valence-electron chi connectivity index (χ0n) is 13.8. The number of nitrogens with zero attached hydrogens (tertiary/aromatic N) is 2. The zero-order valence-corrected chi connectivity index (χ0v) is 14.6. The molecule has 1 aliphatic rings. The molecule has 3 rings (SSSR count). The van der Waals surface area contributed by atoms with Gasteiger partial charge in [0, 0.05) is 17.2 Å². The van der Waals surface area contributed by atoms with E-state index in [1.54, 1.807) is 19.9 Å². The lowest BCUT2D eigenvalue weighted by atomic mass is 10.1. The van der Waals surface area contributed by atoms with Gasteiger partial charge in [-0.3, -0.25) is 14.5 Å². The number of carbonyl (C=O) groups is 1. The third-order valence-corrected chi connectivity index (χ3v) is 4.64. The van der Waals surface area contributed by atoms with Crippen molar-refractivity contribution in [3.05, 3.63) is 58.5 Å². The topological polar surface area (TPSA) is 65.5 Å². The van der Waals surface area contributed by atoms with Crippen LogP contribution >= 0.6 is 11.8 Å². The molecule has 0 saturated carbocycles. The van der Waals surface area contributed by atoms with Gasteiger partial charge in [-0.1, -0.05) is 6.07 Å². The Bertz CT molecular complexity index is 930. The highest BCUT2D eigenvalue weighted by atomic mass is 32.2. The maximum Gasteiger partial charge on any atom is 0.416 e. The number of amidine groups is 1. The Morgan fingerprint density at radius 2 is 1.88 bits per heavy atom. The highest BCUT2D eigenvalue weighted by molar-refractivity contribution is 8.14. The number of halogens is 3. The van der Waals surface area contributed by atoms with Crippen LogP contribution in [0.15, 0.2) is 57.3 Å². The van der Waals surface area contributed by atoms with Gasteiger partial charge in [-0.25, -0.2) is 4.99 Å². The number of hydrogen-bond donors (Lipinski definition) is 1.